The fraction of sp³-hybridized carbons (Fsp3) is 0.609. The summed E-state index contributed by atoms with van der Waals surface area (Å²) in [5.41, 5.74) is 0.277. The van der Waals surface area contributed by atoms with Crippen molar-refractivity contribution >= 4 is 18.1 Å². The summed E-state index contributed by atoms with van der Waals surface area (Å²) in [6.45, 7) is 11.2. The van der Waals surface area contributed by atoms with E-state index in [-0.39, 0.29) is 17.9 Å². The van der Waals surface area contributed by atoms with Gasteiger partial charge in [0.05, 0.1) is 6.61 Å². The first kappa shape index (κ1) is 24.5. The van der Waals surface area contributed by atoms with Gasteiger partial charge in [-0.15, -0.1) is 0 Å². The van der Waals surface area contributed by atoms with Crippen molar-refractivity contribution in [2.24, 2.45) is 5.92 Å². The van der Waals surface area contributed by atoms with E-state index in [1.807, 2.05) is 44.2 Å². The number of nitrogens with one attached hydrogen (secondary N) is 1. The summed E-state index contributed by atoms with van der Waals surface area (Å²) < 4.78 is 10.6. The fourth-order valence-corrected chi connectivity index (χ4v) is 3.16. The zero-order valence-corrected chi connectivity index (χ0v) is 19.2. The van der Waals surface area contributed by atoms with Crippen molar-refractivity contribution in [3.05, 3.63) is 35.9 Å². The Morgan fingerprint density at radius 3 is 2.13 bits per heavy atom. The Kier molecular flexibility index (Phi) is 8.71. The molecule has 8 heteroatoms. The summed E-state index contributed by atoms with van der Waals surface area (Å²) in [6, 6.07) is 8.77. The predicted molar refractivity (Wildman–Crippen MR) is 118 cm³/mol. The number of nitrogens with zero attached hydrogens (tertiary/aromatic N) is 2. The molecule has 8 nitrogen and oxygen atoms in total. The second-order valence-electron chi connectivity index (χ2n) is 9.17. The summed E-state index contributed by atoms with van der Waals surface area (Å²) in [4.78, 5) is 41.0. The van der Waals surface area contributed by atoms with Crippen LogP contribution in [0.25, 0.3) is 0 Å². The Balaban J connectivity index is 2.00. The summed E-state index contributed by atoms with van der Waals surface area (Å²) in [6.07, 6.45) is -0.624. The van der Waals surface area contributed by atoms with Gasteiger partial charge in [0.15, 0.2) is 0 Å². The summed E-state index contributed by atoms with van der Waals surface area (Å²) in [7, 11) is 0. The van der Waals surface area contributed by atoms with Crippen LogP contribution in [0.5, 0.6) is 0 Å². The SMILES string of the molecule is CC(C)COC(=O)N1CCN(C(=O)C(Cc2ccccc2)NC(=O)OC(C)(C)C)CC1. The topological polar surface area (TPSA) is 88.2 Å². The van der Waals surface area contributed by atoms with Crippen LogP contribution in [0, 0.1) is 5.92 Å². The molecule has 3 amide bonds. The van der Waals surface area contributed by atoms with Crippen LogP contribution in [0.3, 0.4) is 0 Å². The number of piperazine rings is 1. The van der Waals surface area contributed by atoms with Crippen molar-refractivity contribution < 1.29 is 23.9 Å². The largest absolute Gasteiger partial charge is 0.449 e. The summed E-state index contributed by atoms with van der Waals surface area (Å²) >= 11 is 0. The molecule has 0 aromatic heterocycles. The Bertz CT molecular complexity index is 737. The van der Waals surface area contributed by atoms with E-state index in [2.05, 4.69) is 5.32 Å². The molecule has 1 aromatic rings. The highest BCUT2D eigenvalue weighted by Crippen LogP contribution is 2.12. The first-order valence-electron chi connectivity index (χ1n) is 10.8. The number of carbonyl (C=O) groups excluding carboxylic acids is 3. The summed E-state index contributed by atoms with van der Waals surface area (Å²) in [5, 5.41) is 2.73. The highest BCUT2D eigenvalue weighted by atomic mass is 16.6. The van der Waals surface area contributed by atoms with Crippen LogP contribution in [0.4, 0.5) is 9.59 Å². The Morgan fingerprint density at radius 1 is 1.00 bits per heavy atom. The van der Waals surface area contributed by atoms with Crippen molar-refractivity contribution in [2.75, 3.05) is 32.8 Å². The van der Waals surface area contributed by atoms with E-state index in [1.165, 1.54) is 0 Å². The second kappa shape index (κ2) is 11.0. The highest BCUT2D eigenvalue weighted by Gasteiger charge is 2.31. The number of carbonyl (C=O) groups is 3. The first-order valence-corrected chi connectivity index (χ1v) is 10.8. The zero-order chi connectivity index (χ0) is 23.0. The lowest BCUT2D eigenvalue weighted by Gasteiger charge is -2.36. The van der Waals surface area contributed by atoms with Gasteiger partial charge in [0.25, 0.3) is 0 Å². The number of hydrogen-bond donors (Lipinski definition) is 1. The molecule has 0 saturated carbocycles. The molecule has 0 bridgehead atoms. The molecule has 1 aliphatic rings. The zero-order valence-electron chi connectivity index (χ0n) is 19.2. The molecule has 1 aromatic carbocycles. The van der Waals surface area contributed by atoms with Gasteiger partial charge in [0.2, 0.25) is 5.91 Å². The van der Waals surface area contributed by atoms with Crippen LogP contribution >= 0.6 is 0 Å². The third-order valence-corrected chi connectivity index (χ3v) is 4.66. The smallest absolute Gasteiger partial charge is 0.409 e. The lowest BCUT2D eigenvalue weighted by Crippen LogP contribution is -2.56. The minimum absolute atomic E-state index is 0.190. The Hall–Kier alpha value is -2.77. The van der Waals surface area contributed by atoms with Crippen molar-refractivity contribution in [1.29, 1.82) is 0 Å². The average molecular weight is 434 g/mol. The number of amides is 3. The van der Waals surface area contributed by atoms with E-state index in [1.54, 1.807) is 30.6 Å². The van der Waals surface area contributed by atoms with Crippen LogP contribution in [-0.2, 0) is 20.7 Å². The van der Waals surface area contributed by atoms with Crippen molar-refractivity contribution in [2.45, 2.75) is 52.7 Å². The van der Waals surface area contributed by atoms with Crippen LogP contribution in [0.2, 0.25) is 0 Å². The number of rotatable bonds is 6. The lowest BCUT2D eigenvalue weighted by molar-refractivity contribution is -0.135. The maximum Gasteiger partial charge on any atom is 0.409 e. The van der Waals surface area contributed by atoms with Gasteiger partial charge >= 0.3 is 12.2 Å². The maximum atomic E-state index is 13.2. The minimum Gasteiger partial charge on any atom is -0.449 e. The molecule has 1 saturated heterocycles. The van der Waals surface area contributed by atoms with Gasteiger partial charge in [-0.1, -0.05) is 44.2 Å². The van der Waals surface area contributed by atoms with E-state index in [0.717, 1.165) is 5.56 Å². The normalized spacial score (nSPS) is 15.4. The number of alkyl carbamates (subject to hydrolysis) is 1. The van der Waals surface area contributed by atoms with Gasteiger partial charge in [-0.2, -0.15) is 0 Å². The van der Waals surface area contributed by atoms with E-state index >= 15 is 0 Å². The van der Waals surface area contributed by atoms with Crippen molar-refractivity contribution in [3.63, 3.8) is 0 Å². The van der Waals surface area contributed by atoms with Crippen molar-refractivity contribution in [3.8, 4) is 0 Å². The quantitative estimate of drug-likeness (QED) is 0.745. The average Bonchev–Trinajstić information content (AvgIpc) is 2.70. The molecular weight excluding hydrogens is 398 g/mol. The molecule has 0 aliphatic carbocycles. The standard InChI is InChI=1S/C23H35N3O5/c1-17(2)16-30-22(29)26-13-11-25(12-14-26)20(27)19(15-18-9-7-6-8-10-18)24-21(28)31-23(3,4)5/h6-10,17,19H,11-16H2,1-5H3,(H,24,28). The molecule has 2 rings (SSSR count). The molecule has 1 heterocycles. The van der Waals surface area contributed by atoms with Gasteiger partial charge < -0.3 is 24.6 Å². The molecule has 0 spiro atoms. The second-order valence-corrected chi connectivity index (χ2v) is 9.17. The van der Waals surface area contributed by atoms with E-state index in [4.69, 9.17) is 9.47 Å². The fourth-order valence-electron chi connectivity index (χ4n) is 3.16. The van der Waals surface area contributed by atoms with Crippen LogP contribution in [-0.4, -0.2) is 72.3 Å². The molecule has 1 N–H and O–H groups in total. The molecule has 31 heavy (non-hydrogen) atoms. The molecule has 1 fully saturated rings. The lowest BCUT2D eigenvalue weighted by atomic mass is 10.0. The molecule has 0 radical (unpaired) electrons. The number of ether oxygens (including phenoxy) is 2. The predicted octanol–water partition coefficient (Wildman–Crippen LogP) is 3.06. The van der Waals surface area contributed by atoms with Crippen molar-refractivity contribution in [1.82, 2.24) is 15.1 Å². The minimum atomic E-state index is -0.753. The van der Waals surface area contributed by atoms with E-state index < -0.39 is 17.7 Å². The van der Waals surface area contributed by atoms with Gasteiger partial charge in [0, 0.05) is 32.6 Å². The first-order chi connectivity index (χ1) is 14.5. The number of hydrogen-bond acceptors (Lipinski definition) is 5. The van der Waals surface area contributed by atoms with E-state index in [9.17, 15) is 14.4 Å². The molecule has 1 unspecified atom stereocenters. The van der Waals surface area contributed by atoms with Crippen LogP contribution in [0.15, 0.2) is 30.3 Å². The Morgan fingerprint density at radius 2 is 1.58 bits per heavy atom. The molecular formula is C23H35N3O5. The highest BCUT2D eigenvalue weighted by molar-refractivity contribution is 5.86. The van der Waals surface area contributed by atoms with Gasteiger partial charge in [0.1, 0.15) is 11.6 Å². The monoisotopic (exact) mass is 433 g/mol. The van der Waals surface area contributed by atoms with Gasteiger partial charge in [-0.3, -0.25) is 4.79 Å². The molecule has 1 atom stereocenters. The van der Waals surface area contributed by atoms with E-state index in [0.29, 0.717) is 39.2 Å². The van der Waals surface area contributed by atoms with Gasteiger partial charge in [-0.25, -0.2) is 9.59 Å². The van der Waals surface area contributed by atoms with Crippen LogP contribution in [0.1, 0.15) is 40.2 Å². The summed E-state index contributed by atoms with van der Waals surface area (Å²) in [5.74, 6) is 0.0781. The third kappa shape index (κ3) is 8.47. The molecule has 1 aliphatic heterocycles. The number of benzene rings is 1. The Labute approximate surface area is 184 Å². The molecule has 172 valence electrons. The van der Waals surface area contributed by atoms with Gasteiger partial charge in [-0.05, 0) is 32.3 Å². The third-order valence-electron chi connectivity index (χ3n) is 4.66. The maximum absolute atomic E-state index is 13.2. The van der Waals surface area contributed by atoms with Crippen LogP contribution < -0.4 is 5.32 Å².